The molecule has 0 saturated carbocycles. The lowest BCUT2D eigenvalue weighted by molar-refractivity contribution is 0.0429. The Bertz CT molecular complexity index is 916. The van der Waals surface area contributed by atoms with Crippen LogP contribution >= 0.6 is 11.6 Å². The first-order valence-electron chi connectivity index (χ1n) is 8.79. The average molecular weight is 404 g/mol. The molecule has 0 radical (unpaired) electrons. The number of nitrogens with zero attached hydrogens (tertiary/aromatic N) is 4. The number of halogens is 1. The fourth-order valence-electron chi connectivity index (χ4n) is 2.87. The zero-order valence-electron chi connectivity index (χ0n) is 16.1. The van der Waals surface area contributed by atoms with Crippen molar-refractivity contribution in [2.24, 2.45) is 0 Å². The Morgan fingerprint density at radius 2 is 1.96 bits per heavy atom. The van der Waals surface area contributed by atoms with Gasteiger partial charge in [0.1, 0.15) is 12.4 Å². The number of quaternary nitrogens is 1. The van der Waals surface area contributed by atoms with Crippen molar-refractivity contribution in [1.82, 2.24) is 19.0 Å². The summed E-state index contributed by atoms with van der Waals surface area (Å²) in [6.07, 6.45) is 7.64. The van der Waals surface area contributed by atoms with Gasteiger partial charge in [0.2, 0.25) is 6.23 Å². The largest absolute Gasteiger partial charge is 0.491 e. The topological polar surface area (TPSA) is 69.4 Å². The number of ether oxygens (including phenoxy) is 2. The maximum Gasteiger partial charge on any atom is 0.222 e. The first-order chi connectivity index (χ1) is 13.4. The van der Waals surface area contributed by atoms with Crippen LogP contribution in [0, 0.1) is 0 Å². The Labute approximate surface area is 169 Å². The van der Waals surface area contributed by atoms with Crippen molar-refractivity contribution in [3.63, 3.8) is 0 Å². The Morgan fingerprint density at radius 1 is 1.14 bits per heavy atom. The summed E-state index contributed by atoms with van der Waals surface area (Å²) in [5.74, 6) is 0.640. The van der Waals surface area contributed by atoms with E-state index in [1.165, 1.54) is 0 Å². The van der Waals surface area contributed by atoms with E-state index in [9.17, 15) is 5.11 Å². The van der Waals surface area contributed by atoms with E-state index in [4.69, 9.17) is 21.1 Å². The van der Waals surface area contributed by atoms with Gasteiger partial charge in [-0.15, -0.1) is 0 Å². The van der Waals surface area contributed by atoms with Crippen LogP contribution in [-0.4, -0.2) is 54.1 Å². The first-order valence-corrected chi connectivity index (χ1v) is 9.17. The number of aliphatic hydroxyl groups excluding tert-OH is 1. The first kappa shape index (κ1) is 20.3. The number of aliphatic hydroxyl groups is 1. The van der Waals surface area contributed by atoms with Crippen LogP contribution in [0.5, 0.6) is 5.75 Å². The van der Waals surface area contributed by atoms with Crippen LogP contribution in [-0.2, 0) is 4.74 Å². The third kappa shape index (κ3) is 4.51. The highest BCUT2D eigenvalue weighted by Crippen LogP contribution is 2.33. The minimum absolute atomic E-state index is 0.151. The molecule has 3 aromatic rings. The van der Waals surface area contributed by atoms with E-state index in [0.29, 0.717) is 29.5 Å². The summed E-state index contributed by atoms with van der Waals surface area (Å²) in [5.41, 5.74) is 2.32. The molecule has 0 fully saturated rings. The van der Waals surface area contributed by atoms with E-state index in [0.717, 1.165) is 11.4 Å². The number of benzene rings is 1. The molecule has 2 aromatic heterocycles. The van der Waals surface area contributed by atoms with Crippen LogP contribution in [0.25, 0.3) is 5.69 Å². The number of methoxy groups -OCH3 is 1. The van der Waals surface area contributed by atoms with Gasteiger partial charge in [0, 0.05) is 43.4 Å². The highest BCUT2D eigenvalue weighted by molar-refractivity contribution is 6.30. The SMILES string of the molecule is COCCOc1cc(C(O)[N+](C)(C)c2cncc(Cl)c2)cc(-n2ccnc2)c1. The molecule has 1 N–H and O–H groups in total. The third-order valence-electron chi connectivity index (χ3n) is 4.54. The van der Waals surface area contributed by atoms with Gasteiger partial charge in [0.15, 0.2) is 5.69 Å². The lowest BCUT2D eigenvalue weighted by Gasteiger charge is -2.34. The van der Waals surface area contributed by atoms with Gasteiger partial charge in [-0.1, -0.05) is 11.6 Å². The van der Waals surface area contributed by atoms with Gasteiger partial charge in [0.05, 0.1) is 43.9 Å². The third-order valence-corrected chi connectivity index (χ3v) is 4.74. The second-order valence-corrected chi connectivity index (χ2v) is 7.28. The van der Waals surface area contributed by atoms with E-state index in [1.54, 1.807) is 38.1 Å². The summed E-state index contributed by atoms with van der Waals surface area (Å²) in [6.45, 7) is 0.888. The monoisotopic (exact) mass is 403 g/mol. The van der Waals surface area contributed by atoms with Crippen LogP contribution in [0.2, 0.25) is 5.02 Å². The molecule has 0 amide bonds. The molecule has 0 saturated heterocycles. The summed E-state index contributed by atoms with van der Waals surface area (Å²) in [7, 11) is 5.42. The molecule has 0 aliphatic heterocycles. The summed E-state index contributed by atoms with van der Waals surface area (Å²) >= 11 is 6.09. The molecule has 148 valence electrons. The molecule has 1 unspecified atom stereocenters. The molecule has 7 nitrogen and oxygen atoms in total. The van der Waals surface area contributed by atoms with Gasteiger partial charge >= 0.3 is 0 Å². The number of hydrogen-bond donors (Lipinski definition) is 1. The number of hydrogen-bond acceptors (Lipinski definition) is 5. The smallest absolute Gasteiger partial charge is 0.222 e. The normalized spacial score (nSPS) is 12.8. The average Bonchev–Trinajstić information content (AvgIpc) is 3.22. The van der Waals surface area contributed by atoms with Crippen molar-refractivity contribution >= 4 is 17.3 Å². The van der Waals surface area contributed by atoms with Gasteiger partial charge in [-0.25, -0.2) is 4.98 Å². The fraction of sp³-hybridized carbons (Fsp3) is 0.300. The number of rotatable bonds is 8. The minimum Gasteiger partial charge on any atom is -0.491 e. The molecule has 28 heavy (non-hydrogen) atoms. The maximum atomic E-state index is 11.2. The summed E-state index contributed by atoms with van der Waals surface area (Å²) < 4.78 is 12.9. The highest BCUT2D eigenvalue weighted by atomic mass is 35.5. The fourth-order valence-corrected chi connectivity index (χ4v) is 3.04. The maximum absolute atomic E-state index is 11.2. The number of imidazole rings is 1. The molecule has 2 heterocycles. The highest BCUT2D eigenvalue weighted by Gasteiger charge is 2.32. The molecular formula is C20H24ClN4O3+. The second kappa shape index (κ2) is 8.70. The van der Waals surface area contributed by atoms with E-state index in [-0.39, 0.29) is 4.48 Å². The molecule has 3 rings (SSSR count). The quantitative estimate of drug-likeness (QED) is 0.355. The van der Waals surface area contributed by atoms with Crippen molar-refractivity contribution in [3.8, 4) is 11.4 Å². The Morgan fingerprint density at radius 3 is 2.64 bits per heavy atom. The molecule has 1 aromatic carbocycles. The molecule has 1 atom stereocenters. The molecule has 8 heteroatoms. The van der Waals surface area contributed by atoms with Crippen molar-refractivity contribution in [2.45, 2.75) is 6.23 Å². The van der Waals surface area contributed by atoms with Crippen molar-refractivity contribution in [3.05, 3.63) is 66.0 Å². The lowest BCUT2D eigenvalue weighted by atomic mass is 10.1. The lowest BCUT2D eigenvalue weighted by Crippen LogP contribution is -2.44. The van der Waals surface area contributed by atoms with E-state index < -0.39 is 6.23 Å². The standard InChI is InChI=1S/C20H24ClN4O3/c1-25(2,18-10-16(21)12-23-13-18)20(26)15-8-17(24-5-4-22-14-24)11-19(9-15)28-7-6-27-3/h4-5,8-14,20,26H,6-7H2,1-3H3/q+1. The van der Waals surface area contributed by atoms with Gasteiger partial charge in [-0.3, -0.25) is 9.47 Å². The molecule has 0 bridgehead atoms. The van der Waals surface area contributed by atoms with Crippen LogP contribution in [0.4, 0.5) is 5.69 Å². The van der Waals surface area contributed by atoms with E-state index >= 15 is 0 Å². The molecular weight excluding hydrogens is 380 g/mol. The molecule has 0 spiro atoms. The van der Waals surface area contributed by atoms with E-state index in [2.05, 4.69) is 9.97 Å². The van der Waals surface area contributed by atoms with Gasteiger partial charge in [-0.05, 0) is 12.1 Å². The van der Waals surface area contributed by atoms with Gasteiger partial charge in [0.25, 0.3) is 0 Å². The predicted molar refractivity (Wildman–Crippen MR) is 109 cm³/mol. The van der Waals surface area contributed by atoms with Crippen molar-refractivity contribution in [2.75, 3.05) is 34.4 Å². The second-order valence-electron chi connectivity index (χ2n) is 6.85. The Balaban J connectivity index is 1.98. The number of pyridine rings is 1. The zero-order chi connectivity index (χ0) is 20.1. The molecule has 0 aliphatic rings. The molecule has 0 aliphatic carbocycles. The zero-order valence-corrected chi connectivity index (χ0v) is 16.9. The van der Waals surface area contributed by atoms with Crippen LogP contribution in [0.15, 0.2) is 55.4 Å². The van der Waals surface area contributed by atoms with Crippen molar-refractivity contribution < 1.29 is 14.6 Å². The predicted octanol–water partition coefficient (Wildman–Crippen LogP) is 3.20. The van der Waals surface area contributed by atoms with Crippen LogP contribution in [0.1, 0.15) is 11.8 Å². The van der Waals surface area contributed by atoms with Gasteiger partial charge < -0.3 is 19.1 Å². The summed E-state index contributed by atoms with van der Waals surface area (Å²) in [5, 5.41) is 11.7. The van der Waals surface area contributed by atoms with Crippen molar-refractivity contribution in [1.29, 1.82) is 0 Å². The van der Waals surface area contributed by atoms with E-state index in [1.807, 2.05) is 43.1 Å². The Hall–Kier alpha value is -2.45. The summed E-state index contributed by atoms with van der Waals surface area (Å²) in [4.78, 5) is 8.24. The van der Waals surface area contributed by atoms with Crippen LogP contribution in [0.3, 0.4) is 0 Å². The minimum atomic E-state index is -0.867. The number of aromatic nitrogens is 3. The Kier molecular flexibility index (Phi) is 6.31. The summed E-state index contributed by atoms with van der Waals surface area (Å²) in [6, 6.07) is 7.44. The van der Waals surface area contributed by atoms with Gasteiger partial charge in [-0.2, -0.15) is 0 Å². The van der Waals surface area contributed by atoms with Crippen LogP contribution < -0.4 is 9.22 Å².